The van der Waals surface area contributed by atoms with Gasteiger partial charge < -0.3 is 28.5 Å². The highest BCUT2D eigenvalue weighted by atomic mass is 16.7. The molecule has 0 radical (unpaired) electrons. The lowest BCUT2D eigenvalue weighted by Gasteiger charge is -2.47. The van der Waals surface area contributed by atoms with Crippen LogP contribution in [0.2, 0.25) is 0 Å². The van der Waals surface area contributed by atoms with Crippen molar-refractivity contribution in [2.45, 2.75) is 114 Å². The third kappa shape index (κ3) is 6.09. The number of piperidine rings is 3. The van der Waals surface area contributed by atoms with Crippen LogP contribution in [0.3, 0.4) is 0 Å². The quantitative estimate of drug-likeness (QED) is 0.196. The summed E-state index contributed by atoms with van der Waals surface area (Å²) in [6.45, 7) is 7.93. The summed E-state index contributed by atoms with van der Waals surface area (Å²) in [7, 11) is 0. The van der Waals surface area contributed by atoms with Gasteiger partial charge in [0, 0.05) is 57.7 Å². The van der Waals surface area contributed by atoms with Crippen LogP contribution in [0.25, 0.3) is 0 Å². The molecule has 5 aliphatic rings. The van der Waals surface area contributed by atoms with Crippen molar-refractivity contribution >= 4 is 12.1 Å². The average Bonchev–Trinajstić information content (AvgIpc) is 3.64. The van der Waals surface area contributed by atoms with Gasteiger partial charge in [-0.2, -0.15) is 0 Å². The summed E-state index contributed by atoms with van der Waals surface area (Å²) in [6.07, 6.45) is 11.1. The van der Waals surface area contributed by atoms with E-state index in [0.29, 0.717) is 42.3 Å². The van der Waals surface area contributed by atoms with Gasteiger partial charge in [-0.25, -0.2) is 9.59 Å². The SMILES string of the molecule is C[C@H](OC(=O)N1CCC(N2CCCCC2)CC1)OC(C(=O)OC1CC2CCC(C1)[N+]21CCCC1)(c1ccccc1)c1ccccc1. The number of quaternary nitrogens is 1. The molecule has 5 aliphatic heterocycles. The van der Waals surface area contributed by atoms with Crippen LogP contribution in [0.15, 0.2) is 60.7 Å². The normalized spacial score (nSPS) is 27.4. The second kappa shape index (κ2) is 13.7. The summed E-state index contributed by atoms with van der Waals surface area (Å²) < 4.78 is 20.4. The monoisotopic (exact) mass is 630 g/mol. The first-order valence-corrected chi connectivity index (χ1v) is 18.0. The third-order valence-corrected chi connectivity index (χ3v) is 11.9. The molecule has 0 N–H and O–H groups in total. The van der Waals surface area contributed by atoms with Gasteiger partial charge in [0.2, 0.25) is 11.9 Å². The van der Waals surface area contributed by atoms with Crippen LogP contribution in [-0.2, 0) is 24.6 Å². The Balaban J connectivity index is 1.08. The molecule has 2 bridgehead atoms. The average molecular weight is 631 g/mol. The zero-order valence-electron chi connectivity index (χ0n) is 27.6. The maximum Gasteiger partial charge on any atom is 0.412 e. The molecular formula is C38H52N3O5+. The topological polar surface area (TPSA) is 68.3 Å². The third-order valence-electron chi connectivity index (χ3n) is 11.9. The largest absolute Gasteiger partial charge is 0.459 e. The minimum atomic E-state index is -1.58. The highest BCUT2D eigenvalue weighted by molar-refractivity contribution is 5.86. The molecule has 8 nitrogen and oxygen atoms in total. The Hall–Kier alpha value is -2.94. The molecule has 2 aromatic carbocycles. The summed E-state index contributed by atoms with van der Waals surface area (Å²) >= 11 is 0. The summed E-state index contributed by atoms with van der Waals surface area (Å²) in [4.78, 5) is 32.5. The van der Waals surface area contributed by atoms with Gasteiger partial charge in [0.25, 0.3) is 0 Å². The number of hydrogen-bond acceptors (Lipinski definition) is 6. The van der Waals surface area contributed by atoms with Crippen LogP contribution in [0.4, 0.5) is 4.79 Å². The second-order valence-corrected chi connectivity index (χ2v) is 14.4. The van der Waals surface area contributed by atoms with Crippen LogP contribution < -0.4 is 0 Å². The lowest BCUT2D eigenvalue weighted by Crippen LogP contribution is -2.60. The predicted octanol–water partition coefficient (Wildman–Crippen LogP) is 6.23. The molecule has 5 heterocycles. The van der Waals surface area contributed by atoms with E-state index in [9.17, 15) is 9.59 Å². The number of esters is 1. The van der Waals surface area contributed by atoms with E-state index in [4.69, 9.17) is 14.2 Å². The Morgan fingerprint density at radius 2 is 1.33 bits per heavy atom. The van der Waals surface area contributed by atoms with Crippen molar-refractivity contribution in [3.8, 4) is 0 Å². The molecule has 248 valence electrons. The lowest BCUT2D eigenvalue weighted by molar-refractivity contribution is -0.956. The number of benzene rings is 2. The van der Waals surface area contributed by atoms with E-state index >= 15 is 0 Å². The van der Waals surface area contributed by atoms with E-state index in [1.54, 1.807) is 11.8 Å². The van der Waals surface area contributed by atoms with Gasteiger partial charge in [0.15, 0.2) is 0 Å². The van der Waals surface area contributed by atoms with Crippen molar-refractivity contribution in [3.63, 3.8) is 0 Å². The summed E-state index contributed by atoms with van der Waals surface area (Å²) in [5.41, 5.74) is -0.253. The van der Waals surface area contributed by atoms with Crippen LogP contribution in [0, 0.1) is 0 Å². The number of rotatable bonds is 8. The molecule has 3 atom stereocenters. The maximum atomic E-state index is 14.7. The van der Waals surface area contributed by atoms with Crippen molar-refractivity contribution in [3.05, 3.63) is 71.8 Å². The van der Waals surface area contributed by atoms with E-state index < -0.39 is 24.0 Å². The zero-order valence-corrected chi connectivity index (χ0v) is 27.6. The van der Waals surface area contributed by atoms with Crippen molar-refractivity contribution in [1.29, 1.82) is 0 Å². The molecule has 0 aromatic heterocycles. The maximum absolute atomic E-state index is 14.7. The molecule has 0 saturated carbocycles. The molecule has 0 aliphatic carbocycles. The first-order valence-electron chi connectivity index (χ1n) is 18.0. The smallest absolute Gasteiger partial charge is 0.412 e. The van der Waals surface area contributed by atoms with Crippen molar-refractivity contribution in [1.82, 2.24) is 9.80 Å². The van der Waals surface area contributed by atoms with Crippen LogP contribution in [0.5, 0.6) is 0 Å². The highest BCUT2D eigenvalue weighted by Gasteiger charge is 2.57. The van der Waals surface area contributed by atoms with Gasteiger partial charge in [0.1, 0.15) is 6.10 Å². The summed E-state index contributed by atoms with van der Waals surface area (Å²) in [5.74, 6) is -0.436. The summed E-state index contributed by atoms with van der Waals surface area (Å²) in [5, 5.41) is 0. The Morgan fingerprint density at radius 1 is 0.761 bits per heavy atom. The van der Waals surface area contributed by atoms with Crippen molar-refractivity contribution < 1.29 is 28.3 Å². The minimum Gasteiger partial charge on any atom is -0.459 e. The van der Waals surface area contributed by atoms with Gasteiger partial charge in [-0.15, -0.1) is 0 Å². The zero-order chi connectivity index (χ0) is 31.6. The van der Waals surface area contributed by atoms with E-state index in [0.717, 1.165) is 25.7 Å². The van der Waals surface area contributed by atoms with Crippen LogP contribution in [-0.4, -0.2) is 96.1 Å². The fraction of sp³-hybridized carbons (Fsp3) is 0.632. The van der Waals surface area contributed by atoms with Crippen molar-refractivity contribution in [2.75, 3.05) is 39.3 Å². The Kier molecular flexibility index (Phi) is 9.40. The Bertz CT molecular complexity index is 1260. The predicted molar refractivity (Wildman–Crippen MR) is 176 cm³/mol. The van der Waals surface area contributed by atoms with Crippen LogP contribution >= 0.6 is 0 Å². The molecule has 8 heteroatoms. The summed E-state index contributed by atoms with van der Waals surface area (Å²) in [6, 6.07) is 20.8. The Labute approximate surface area is 274 Å². The molecule has 46 heavy (non-hydrogen) atoms. The van der Waals surface area contributed by atoms with Gasteiger partial charge in [0.05, 0.1) is 25.2 Å². The fourth-order valence-corrected chi connectivity index (χ4v) is 9.66. The van der Waals surface area contributed by atoms with E-state index in [2.05, 4.69) is 4.90 Å². The molecule has 5 saturated heterocycles. The van der Waals surface area contributed by atoms with Gasteiger partial charge in [-0.1, -0.05) is 67.1 Å². The van der Waals surface area contributed by atoms with E-state index in [1.165, 1.54) is 75.6 Å². The first kappa shape index (κ1) is 31.6. The van der Waals surface area contributed by atoms with Gasteiger partial charge >= 0.3 is 12.1 Å². The molecular weight excluding hydrogens is 578 g/mol. The molecule has 7 rings (SSSR count). The second-order valence-electron chi connectivity index (χ2n) is 14.4. The number of nitrogens with zero attached hydrogens (tertiary/aromatic N) is 3. The first-order chi connectivity index (χ1) is 22.5. The number of amides is 1. The van der Waals surface area contributed by atoms with Crippen LogP contribution in [0.1, 0.15) is 88.7 Å². The number of carbonyl (C=O) groups excluding carboxylic acids is 2. The van der Waals surface area contributed by atoms with E-state index in [1.807, 2.05) is 60.7 Å². The van der Waals surface area contributed by atoms with Gasteiger partial charge in [-0.05, 0) is 56.8 Å². The molecule has 1 amide bonds. The Morgan fingerprint density at radius 3 is 1.89 bits per heavy atom. The standard InChI is InChI=1S/C38H52N3O5/c1-29(44-37(43)40-23-19-32(20-24-40)39-21-9-4-10-22-39)46-38(30-13-5-2-6-14-30,31-15-7-3-8-16-31)36(42)45-35-27-33-17-18-34(28-35)41(33)25-11-12-26-41/h2-3,5-8,13-16,29,32-35H,4,9-12,17-28H2,1H3/q+1/t29-,33?,34?,35?/m1/s1. The minimum absolute atomic E-state index is 0.149. The molecule has 5 fully saturated rings. The molecule has 1 spiro atoms. The lowest BCUT2D eigenvalue weighted by atomic mass is 9.85. The number of ether oxygens (including phenoxy) is 3. The van der Waals surface area contributed by atoms with Crippen molar-refractivity contribution in [2.24, 2.45) is 0 Å². The number of carbonyl (C=O) groups is 2. The van der Waals surface area contributed by atoms with Gasteiger partial charge in [-0.3, -0.25) is 0 Å². The highest BCUT2D eigenvalue weighted by Crippen LogP contribution is 2.47. The molecule has 2 aromatic rings. The van der Waals surface area contributed by atoms with E-state index in [-0.39, 0.29) is 6.10 Å². The fourth-order valence-electron chi connectivity index (χ4n) is 9.66. The molecule has 2 unspecified atom stereocenters. The number of likely N-dealkylation sites (tertiary alicyclic amines) is 2. The number of hydrogen-bond donors (Lipinski definition) is 0.